The van der Waals surface area contributed by atoms with Gasteiger partial charge in [0, 0.05) is 4.47 Å². The van der Waals surface area contributed by atoms with Crippen molar-refractivity contribution in [3.05, 3.63) is 81.8 Å². The number of halogens is 1. The summed E-state index contributed by atoms with van der Waals surface area (Å²) in [6.45, 7) is 2.21. The number of benzene rings is 3. The number of hydrogen-bond acceptors (Lipinski definition) is 7. The van der Waals surface area contributed by atoms with Gasteiger partial charge in [0.25, 0.3) is 0 Å². The Morgan fingerprint density at radius 1 is 0.914 bits per heavy atom. The number of nitrogens with zero attached hydrogens (tertiary/aromatic N) is 1. The number of ether oxygens (including phenoxy) is 4. The van der Waals surface area contributed by atoms with Gasteiger partial charge in [0.05, 0.1) is 39.0 Å². The van der Waals surface area contributed by atoms with E-state index in [2.05, 4.69) is 26.5 Å². The Bertz CT molecular complexity index is 1210. The summed E-state index contributed by atoms with van der Waals surface area (Å²) in [4.78, 5) is 24.7. The minimum atomic E-state index is -0.498. The number of hydrogen-bond donors (Lipinski definition) is 1. The molecule has 3 rings (SSSR count). The van der Waals surface area contributed by atoms with E-state index in [1.165, 1.54) is 13.3 Å². The van der Waals surface area contributed by atoms with Crippen molar-refractivity contribution < 1.29 is 28.5 Å². The largest absolute Gasteiger partial charge is 0.493 e. The topological polar surface area (TPSA) is 95.5 Å². The van der Waals surface area contributed by atoms with E-state index in [9.17, 15) is 9.59 Å². The summed E-state index contributed by atoms with van der Waals surface area (Å²) in [5.74, 6) is 1.02. The van der Waals surface area contributed by atoms with Crippen LogP contribution in [0.2, 0.25) is 0 Å². The van der Waals surface area contributed by atoms with Crippen LogP contribution in [0.15, 0.2) is 70.2 Å². The summed E-state index contributed by atoms with van der Waals surface area (Å²) in [5, 5.41) is 4.01. The lowest BCUT2D eigenvalue weighted by Gasteiger charge is -2.11. The molecule has 1 N–H and O–H groups in total. The highest BCUT2D eigenvalue weighted by atomic mass is 79.9. The van der Waals surface area contributed by atoms with Crippen LogP contribution in [0.5, 0.6) is 23.0 Å². The molecule has 1 amide bonds. The lowest BCUT2D eigenvalue weighted by molar-refractivity contribution is -0.120. The van der Waals surface area contributed by atoms with Gasteiger partial charge in [-0.3, -0.25) is 4.79 Å². The maximum absolute atomic E-state index is 12.5. The van der Waals surface area contributed by atoms with Crippen LogP contribution in [0.4, 0.5) is 0 Å². The average molecular weight is 541 g/mol. The second kappa shape index (κ2) is 12.6. The third-order valence-corrected chi connectivity index (χ3v) is 5.29. The predicted molar refractivity (Wildman–Crippen MR) is 136 cm³/mol. The highest BCUT2D eigenvalue weighted by molar-refractivity contribution is 9.10. The lowest BCUT2D eigenvalue weighted by atomic mass is 10.1. The van der Waals surface area contributed by atoms with Gasteiger partial charge in [-0.2, -0.15) is 5.10 Å². The predicted octanol–water partition coefficient (Wildman–Crippen LogP) is 4.78. The Kier molecular flexibility index (Phi) is 9.25. The van der Waals surface area contributed by atoms with E-state index in [1.807, 2.05) is 6.92 Å². The average Bonchev–Trinajstić information content (AvgIpc) is 2.86. The molecule has 0 bridgehead atoms. The van der Waals surface area contributed by atoms with Crippen LogP contribution in [0, 0.1) is 0 Å². The van der Waals surface area contributed by atoms with Crippen molar-refractivity contribution in [1.82, 2.24) is 5.43 Å². The standard InChI is InChI=1S/C26H25BrN2O6/c1-4-34-24-14-18(6-12-22(24)35-26(31)19-7-9-20(27)10-8-19)16-28-29-25(30)15-17-5-11-21(32-2)23(13-17)33-3/h5-14,16H,4,15H2,1-3H3,(H,29,30)/b28-16+. The fraction of sp³-hybridized carbons (Fsp3) is 0.192. The van der Waals surface area contributed by atoms with Crippen molar-refractivity contribution in [3.63, 3.8) is 0 Å². The molecular weight excluding hydrogens is 516 g/mol. The molecule has 35 heavy (non-hydrogen) atoms. The van der Waals surface area contributed by atoms with Gasteiger partial charge in [-0.15, -0.1) is 0 Å². The molecule has 3 aromatic rings. The molecule has 0 saturated carbocycles. The molecule has 0 unspecified atom stereocenters. The molecule has 182 valence electrons. The summed E-state index contributed by atoms with van der Waals surface area (Å²) >= 11 is 3.34. The zero-order valence-electron chi connectivity index (χ0n) is 19.5. The van der Waals surface area contributed by atoms with Gasteiger partial charge in [0.1, 0.15) is 0 Å². The van der Waals surface area contributed by atoms with Crippen LogP contribution < -0.4 is 24.4 Å². The number of rotatable bonds is 10. The molecule has 0 fully saturated rings. The molecule has 0 spiro atoms. The van der Waals surface area contributed by atoms with Crippen molar-refractivity contribution in [2.24, 2.45) is 5.10 Å². The summed E-state index contributed by atoms with van der Waals surface area (Å²) in [5.41, 5.74) is 4.33. The number of hydrazone groups is 1. The summed E-state index contributed by atoms with van der Waals surface area (Å²) in [6.07, 6.45) is 1.60. The molecule has 0 radical (unpaired) electrons. The van der Waals surface area contributed by atoms with Gasteiger partial charge in [0.2, 0.25) is 5.91 Å². The first-order valence-electron chi connectivity index (χ1n) is 10.7. The van der Waals surface area contributed by atoms with E-state index in [4.69, 9.17) is 18.9 Å². The van der Waals surface area contributed by atoms with E-state index >= 15 is 0 Å². The van der Waals surface area contributed by atoms with Gasteiger partial charge in [-0.25, -0.2) is 10.2 Å². The molecule has 8 nitrogen and oxygen atoms in total. The number of amides is 1. The quantitative estimate of drug-likeness (QED) is 0.172. The number of nitrogens with one attached hydrogen (secondary N) is 1. The molecule has 0 atom stereocenters. The Labute approximate surface area is 212 Å². The smallest absolute Gasteiger partial charge is 0.343 e. The van der Waals surface area contributed by atoms with E-state index in [0.717, 1.165) is 10.0 Å². The molecule has 0 heterocycles. The Morgan fingerprint density at radius 3 is 2.31 bits per heavy atom. The van der Waals surface area contributed by atoms with E-state index in [0.29, 0.717) is 35.0 Å². The van der Waals surface area contributed by atoms with Gasteiger partial charge >= 0.3 is 5.97 Å². The normalized spacial score (nSPS) is 10.6. The van der Waals surface area contributed by atoms with Crippen molar-refractivity contribution in [3.8, 4) is 23.0 Å². The Hall–Kier alpha value is -3.85. The molecule has 0 aliphatic heterocycles. The molecule has 3 aromatic carbocycles. The minimum absolute atomic E-state index is 0.118. The fourth-order valence-corrected chi connectivity index (χ4v) is 3.36. The number of esters is 1. The highest BCUT2D eigenvalue weighted by Crippen LogP contribution is 2.29. The number of carbonyl (C=O) groups excluding carboxylic acids is 2. The zero-order chi connectivity index (χ0) is 25.2. The molecule has 0 aromatic heterocycles. The van der Waals surface area contributed by atoms with Crippen LogP contribution in [-0.4, -0.2) is 38.9 Å². The van der Waals surface area contributed by atoms with Crippen molar-refractivity contribution in [1.29, 1.82) is 0 Å². The molecule has 0 aliphatic carbocycles. The number of carbonyl (C=O) groups is 2. The van der Waals surface area contributed by atoms with Gasteiger partial charge in [-0.05, 0) is 72.6 Å². The second-order valence-electron chi connectivity index (χ2n) is 7.19. The van der Waals surface area contributed by atoms with Crippen molar-refractivity contribution in [2.75, 3.05) is 20.8 Å². The highest BCUT2D eigenvalue weighted by Gasteiger charge is 2.13. The Balaban J connectivity index is 1.63. The Morgan fingerprint density at radius 2 is 1.63 bits per heavy atom. The first-order chi connectivity index (χ1) is 16.9. The van der Waals surface area contributed by atoms with Crippen LogP contribution in [-0.2, 0) is 11.2 Å². The van der Waals surface area contributed by atoms with E-state index in [1.54, 1.807) is 67.8 Å². The van der Waals surface area contributed by atoms with Gasteiger partial charge in [0.15, 0.2) is 23.0 Å². The summed E-state index contributed by atoms with van der Waals surface area (Å²) < 4.78 is 22.5. The molecule has 0 aliphatic rings. The molecule has 9 heteroatoms. The second-order valence-corrected chi connectivity index (χ2v) is 8.11. The van der Waals surface area contributed by atoms with Gasteiger partial charge < -0.3 is 18.9 Å². The number of methoxy groups -OCH3 is 2. The third-order valence-electron chi connectivity index (χ3n) is 4.77. The summed E-state index contributed by atoms with van der Waals surface area (Å²) in [7, 11) is 3.09. The van der Waals surface area contributed by atoms with Crippen molar-refractivity contribution >= 4 is 34.0 Å². The fourth-order valence-electron chi connectivity index (χ4n) is 3.10. The maximum atomic E-state index is 12.5. The van der Waals surface area contributed by atoms with Crippen LogP contribution in [0.3, 0.4) is 0 Å². The van der Waals surface area contributed by atoms with Crippen LogP contribution >= 0.6 is 15.9 Å². The monoisotopic (exact) mass is 540 g/mol. The first kappa shape index (κ1) is 25.8. The SMILES string of the molecule is CCOc1cc(/C=N/NC(=O)Cc2ccc(OC)c(OC)c2)ccc1OC(=O)c1ccc(Br)cc1. The van der Waals surface area contributed by atoms with E-state index < -0.39 is 5.97 Å². The minimum Gasteiger partial charge on any atom is -0.493 e. The molecular formula is C26H25BrN2O6. The van der Waals surface area contributed by atoms with E-state index in [-0.39, 0.29) is 18.1 Å². The maximum Gasteiger partial charge on any atom is 0.343 e. The third kappa shape index (κ3) is 7.31. The lowest BCUT2D eigenvalue weighted by Crippen LogP contribution is -2.19. The molecule has 0 saturated heterocycles. The van der Waals surface area contributed by atoms with Gasteiger partial charge in [-0.1, -0.05) is 22.0 Å². The van der Waals surface area contributed by atoms with Crippen molar-refractivity contribution in [2.45, 2.75) is 13.3 Å². The van der Waals surface area contributed by atoms with Crippen LogP contribution in [0.1, 0.15) is 28.4 Å². The first-order valence-corrected chi connectivity index (χ1v) is 11.5. The summed E-state index contributed by atoms with van der Waals surface area (Å²) in [6, 6.07) is 17.1. The zero-order valence-corrected chi connectivity index (χ0v) is 21.1. The van der Waals surface area contributed by atoms with Crippen LogP contribution in [0.25, 0.3) is 0 Å².